The van der Waals surface area contributed by atoms with Crippen LogP contribution >= 0.6 is 0 Å². The number of benzene rings is 3. The molecule has 176 valence electrons. The van der Waals surface area contributed by atoms with Crippen molar-refractivity contribution < 1.29 is 14.4 Å². The van der Waals surface area contributed by atoms with E-state index in [0.29, 0.717) is 42.9 Å². The van der Waals surface area contributed by atoms with Crippen molar-refractivity contribution in [1.29, 1.82) is 0 Å². The van der Waals surface area contributed by atoms with Gasteiger partial charge in [0.15, 0.2) is 0 Å². The fourth-order valence-electron chi connectivity index (χ4n) is 3.42. The van der Waals surface area contributed by atoms with E-state index in [1.807, 2.05) is 57.2 Å². The number of aryl methyl sites for hydroxylation is 3. The van der Waals surface area contributed by atoms with E-state index in [-0.39, 0.29) is 17.7 Å². The van der Waals surface area contributed by atoms with Crippen LogP contribution in [0.4, 0.5) is 0 Å². The second kappa shape index (κ2) is 11.8. The average molecular weight is 458 g/mol. The van der Waals surface area contributed by atoms with E-state index in [1.54, 1.807) is 41.3 Å². The summed E-state index contributed by atoms with van der Waals surface area (Å²) in [6.45, 7) is 7.15. The second-order valence-electron chi connectivity index (χ2n) is 8.40. The molecule has 0 aliphatic carbocycles. The zero-order chi connectivity index (χ0) is 24.5. The number of rotatable bonds is 9. The Labute approximate surface area is 201 Å². The van der Waals surface area contributed by atoms with Crippen LogP contribution in [0.1, 0.15) is 47.8 Å². The lowest BCUT2D eigenvalue weighted by atomic mass is 10.1. The lowest BCUT2D eigenvalue weighted by molar-refractivity contribution is 0.0743. The molecule has 0 saturated heterocycles. The molecule has 0 radical (unpaired) electrons. The molecule has 0 fully saturated rings. The lowest BCUT2D eigenvalue weighted by Crippen LogP contribution is -2.42. The van der Waals surface area contributed by atoms with Crippen LogP contribution in [0.25, 0.3) is 0 Å². The largest absolute Gasteiger partial charge is 0.350 e. The molecule has 0 aromatic heterocycles. The molecule has 3 rings (SSSR count). The second-order valence-corrected chi connectivity index (χ2v) is 8.40. The first-order chi connectivity index (χ1) is 16.3. The predicted octanol–water partition coefficient (Wildman–Crippen LogP) is 3.91. The summed E-state index contributed by atoms with van der Waals surface area (Å²) in [4.78, 5) is 39.6. The molecule has 0 bridgehead atoms. The molecule has 2 N–H and O–H groups in total. The number of hydrogen-bond donors (Lipinski definition) is 2. The van der Waals surface area contributed by atoms with Gasteiger partial charge in [0, 0.05) is 42.9 Å². The third-order valence-electron chi connectivity index (χ3n) is 5.55. The fourth-order valence-corrected chi connectivity index (χ4v) is 3.42. The van der Waals surface area contributed by atoms with Gasteiger partial charge in [-0.15, -0.1) is 0 Å². The van der Waals surface area contributed by atoms with Gasteiger partial charge in [0.2, 0.25) is 0 Å². The van der Waals surface area contributed by atoms with Gasteiger partial charge < -0.3 is 15.5 Å². The summed E-state index contributed by atoms with van der Waals surface area (Å²) in [5.41, 5.74) is 4.96. The van der Waals surface area contributed by atoms with Crippen molar-refractivity contribution in [1.82, 2.24) is 15.5 Å². The van der Waals surface area contributed by atoms with Gasteiger partial charge in [0.25, 0.3) is 17.7 Å². The van der Waals surface area contributed by atoms with Crippen LogP contribution in [-0.2, 0) is 0 Å². The zero-order valence-corrected chi connectivity index (χ0v) is 19.9. The Balaban J connectivity index is 1.60. The average Bonchev–Trinajstić information content (AvgIpc) is 2.83. The zero-order valence-electron chi connectivity index (χ0n) is 19.9. The number of hydrogen-bond acceptors (Lipinski definition) is 3. The number of carbonyl (C=O) groups is 3. The molecule has 0 aliphatic heterocycles. The standard InChI is InChI=1S/C28H31N3O3/c1-20-4-10-23(11-5-20)26(32)29-16-18-31(28(34)25-14-8-22(3)9-15-25)19-17-30-27(33)24-12-6-21(2)7-13-24/h4-15H,16-19H2,1-3H3,(H,29,32)(H,30,33). The van der Waals surface area contributed by atoms with Crippen LogP contribution in [0.3, 0.4) is 0 Å². The first kappa shape index (κ1) is 24.7. The molecular weight excluding hydrogens is 426 g/mol. The van der Waals surface area contributed by atoms with Crippen LogP contribution in [0, 0.1) is 20.8 Å². The number of amides is 3. The normalized spacial score (nSPS) is 10.4. The van der Waals surface area contributed by atoms with Crippen LogP contribution < -0.4 is 10.6 Å². The van der Waals surface area contributed by atoms with E-state index in [2.05, 4.69) is 10.6 Å². The van der Waals surface area contributed by atoms with Crippen LogP contribution in [-0.4, -0.2) is 48.8 Å². The van der Waals surface area contributed by atoms with Crippen molar-refractivity contribution in [3.63, 3.8) is 0 Å². The highest BCUT2D eigenvalue weighted by Crippen LogP contribution is 2.08. The molecule has 0 spiro atoms. The Hall–Kier alpha value is -3.93. The Morgan fingerprint density at radius 3 is 1.24 bits per heavy atom. The van der Waals surface area contributed by atoms with Gasteiger partial charge in [0.05, 0.1) is 0 Å². The minimum absolute atomic E-state index is 0.144. The maximum Gasteiger partial charge on any atom is 0.253 e. The monoisotopic (exact) mass is 457 g/mol. The lowest BCUT2D eigenvalue weighted by Gasteiger charge is -2.23. The van der Waals surface area contributed by atoms with E-state index in [1.165, 1.54) is 0 Å². The topological polar surface area (TPSA) is 78.5 Å². The van der Waals surface area contributed by atoms with E-state index < -0.39 is 0 Å². The quantitative estimate of drug-likeness (QED) is 0.511. The first-order valence-electron chi connectivity index (χ1n) is 11.4. The van der Waals surface area contributed by atoms with Gasteiger partial charge in [0.1, 0.15) is 0 Å². The Morgan fingerprint density at radius 2 is 0.882 bits per heavy atom. The highest BCUT2D eigenvalue weighted by Gasteiger charge is 2.17. The first-order valence-corrected chi connectivity index (χ1v) is 11.4. The van der Waals surface area contributed by atoms with Gasteiger partial charge in [-0.3, -0.25) is 14.4 Å². The summed E-state index contributed by atoms with van der Waals surface area (Å²) < 4.78 is 0. The Bertz CT molecular complexity index is 1060. The van der Waals surface area contributed by atoms with Crippen molar-refractivity contribution in [2.75, 3.05) is 26.2 Å². The van der Waals surface area contributed by atoms with Crippen molar-refractivity contribution >= 4 is 17.7 Å². The minimum atomic E-state index is -0.185. The number of nitrogens with zero attached hydrogens (tertiary/aromatic N) is 1. The molecule has 34 heavy (non-hydrogen) atoms. The number of nitrogens with one attached hydrogen (secondary N) is 2. The summed E-state index contributed by atoms with van der Waals surface area (Å²) in [6, 6.07) is 22.0. The molecule has 3 aromatic rings. The smallest absolute Gasteiger partial charge is 0.253 e. The third kappa shape index (κ3) is 7.04. The van der Waals surface area contributed by atoms with Crippen molar-refractivity contribution in [2.24, 2.45) is 0 Å². The Kier molecular flexibility index (Phi) is 8.57. The highest BCUT2D eigenvalue weighted by atomic mass is 16.2. The molecule has 0 aliphatic rings. The maximum absolute atomic E-state index is 13.1. The highest BCUT2D eigenvalue weighted by molar-refractivity contribution is 5.96. The molecule has 6 heteroatoms. The SMILES string of the molecule is Cc1ccc(C(=O)NCCN(CCNC(=O)c2ccc(C)cc2)C(=O)c2ccc(C)cc2)cc1. The summed E-state index contributed by atoms with van der Waals surface area (Å²) in [6.07, 6.45) is 0. The molecule has 3 aromatic carbocycles. The van der Waals surface area contributed by atoms with Gasteiger partial charge >= 0.3 is 0 Å². The summed E-state index contributed by atoms with van der Waals surface area (Å²) >= 11 is 0. The van der Waals surface area contributed by atoms with E-state index >= 15 is 0 Å². The minimum Gasteiger partial charge on any atom is -0.350 e. The molecular formula is C28H31N3O3. The maximum atomic E-state index is 13.1. The van der Waals surface area contributed by atoms with Crippen LogP contribution in [0.2, 0.25) is 0 Å². The van der Waals surface area contributed by atoms with E-state index in [0.717, 1.165) is 16.7 Å². The van der Waals surface area contributed by atoms with E-state index in [9.17, 15) is 14.4 Å². The third-order valence-corrected chi connectivity index (χ3v) is 5.55. The predicted molar refractivity (Wildman–Crippen MR) is 134 cm³/mol. The summed E-state index contributed by atoms with van der Waals surface area (Å²) in [5, 5.41) is 5.75. The molecule has 0 atom stereocenters. The van der Waals surface area contributed by atoms with Gasteiger partial charge in [-0.2, -0.15) is 0 Å². The van der Waals surface area contributed by atoms with Gasteiger partial charge in [-0.05, 0) is 57.2 Å². The van der Waals surface area contributed by atoms with Crippen molar-refractivity contribution in [3.05, 3.63) is 106 Å². The van der Waals surface area contributed by atoms with Gasteiger partial charge in [-0.1, -0.05) is 53.1 Å². The van der Waals surface area contributed by atoms with Crippen LogP contribution in [0.15, 0.2) is 72.8 Å². The molecule has 3 amide bonds. The van der Waals surface area contributed by atoms with E-state index in [4.69, 9.17) is 0 Å². The molecule has 6 nitrogen and oxygen atoms in total. The fraction of sp³-hybridized carbons (Fsp3) is 0.250. The summed E-state index contributed by atoms with van der Waals surface area (Å²) in [5.74, 6) is -0.514. The summed E-state index contributed by atoms with van der Waals surface area (Å²) in [7, 11) is 0. The molecule has 0 saturated carbocycles. The van der Waals surface area contributed by atoms with Crippen molar-refractivity contribution in [3.8, 4) is 0 Å². The molecule has 0 unspecified atom stereocenters. The van der Waals surface area contributed by atoms with Crippen LogP contribution in [0.5, 0.6) is 0 Å². The Morgan fingerprint density at radius 1 is 0.559 bits per heavy atom. The van der Waals surface area contributed by atoms with Gasteiger partial charge in [-0.25, -0.2) is 0 Å². The van der Waals surface area contributed by atoms with Crippen molar-refractivity contribution in [2.45, 2.75) is 20.8 Å². The number of carbonyl (C=O) groups excluding carboxylic acids is 3. The molecule has 0 heterocycles.